The van der Waals surface area contributed by atoms with E-state index in [2.05, 4.69) is 194 Å². The molecule has 0 amide bonds. The highest BCUT2D eigenvalue weighted by atomic mass is 16.5. The molecule has 0 spiro atoms. The molecule has 278 valence electrons. The molecule has 0 radical (unpaired) electrons. The van der Waals surface area contributed by atoms with Crippen molar-refractivity contribution in [3.05, 3.63) is 229 Å². The van der Waals surface area contributed by atoms with E-state index >= 15 is 0 Å². The molecule has 0 bridgehead atoms. The predicted molar refractivity (Wildman–Crippen MR) is 241 cm³/mol. The predicted octanol–water partition coefficient (Wildman–Crippen LogP) is 13.4. The molecule has 4 heteroatoms. The van der Waals surface area contributed by atoms with E-state index in [1.165, 1.54) is 21.9 Å². The maximum absolute atomic E-state index is 6.62. The second kappa shape index (κ2) is 14.7. The third kappa shape index (κ3) is 6.51. The van der Waals surface area contributed by atoms with Gasteiger partial charge >= 0.3 is 0 Å². The van der Waals surface area contributed by atoms with Crippen LogP contribution in [0.3, 0.4) is 0 Å². The van der Waals surface area contributed by atoms with E-state index in [1.807, 2.05) is 18.2 Å². The number of ether oxygens (including phenoxy) is 1. The van der Waals surface area contributed by atoms with Crippen molar-refractivity contribution >= 4 is 21.9 Å². The van der Waals surface area contributed by atoms with Gasteiger partial charge in [-0.2, -0.15) is 0 Å². The SMILES string of the molecule is C1=CC2Oc3ccccc3C2C(c2nc(-c3ccc(-c4ccccc4)cc3)nc(-c3ccc(-c4ccccc4)cc3)n2)=C1c1ccc2cc(-c3ccccc3)ccc2c1. The summed E-state index contributed by atoms with van der Waals surface area (Å²) in [6.07, 6.45) is 4.20. The van der Waals surface area contributed by atoms with Gasteiger partial charge in [-0.25, -0.2) is 15.0 Å². The van der Waals surface area contributed by atoms with Crippen LogP contribution < -0.4 is 4.74 Å². The molecule has 1 aliphatic carbocycles. The molecule has 0 N–H and O–H groups in total. The second-order valence-corrected chi connectivity index (χ2v) is 15.1. The number of allylic oxidation sites excluding steroid dienone is 2. The molecule has 59 heavy (non-hydrogen) atoms. The lowest BCUT2D eigenvalue weighted by Gasteiger charge is -2.26. The number of hydrogen-bond donors (Lipinski definition) is 0. The molecule has 0 saturated heterocycles. The van der Waals surface area contributed by atoms with Gasteiger partial charge in [-0.1, -0.05) is 188 Å². The van der Waals surface area contributed by atoms with Crippen molar-refractivity contribution in [3.8, 4) is 61.9 Å². The molecule has 2 heterocycles. The van der Waals surface area contributed by atoms with Crippen LogP contribution in [0.5, 0.6) is 5.75 Å². The van der Waals surface area contributed by atoms with Crippen LogP contribution in [0.15, 0.2) is 212 Å². The van der Waals surface area contributed by atoms with Gasteiger partial charge in [0.15, 0.2) is 17.5 Å². The van der Waals surface area contributed by atoms with Crippen LogP contribution in [0.25, 0.3) is 78.1 Å². The smallest absolute Gasteiger partial charge is 0.164 e. The minimum absolute atomic E-state index is 0.119. The monoisotopic (exact) mass is 755 g/mol. The van der Waals surface area contributed by atoms with Crippen LogP contribution in [-0.2, 0) is 0 Å². The fraction of sp³-hybridized carbons (Fsp3) is 0.0364. The third-order valence-corrected chi connectivity index (χ3v) is 11.5. The summed E-state index contributed by atoms with van der Waals surface area (Å²) in [6.45, 7) is 0. The number of hydrogen-bond acceptors (Lipinski definition) is 4. The van der Waals surface area contributed by atoms with Crippen molar-refractivity contribution < 1.29 is 4.74 Å². The molecule has 11 rings (SSSR count). The van der Waals surface area contributed by atoms with E-state index in [0.29, 0.717) is 17.5 Å². The fourth-order valence-electron chi connectivity index (χ4n) is 8.53. The standard InChI is InChI=1S/C55H37N3O/c1-4-12-36(13-5-1)39-20-24-41(25-21-39)53-56-54(42-26-22-40(23-27-42)37-14-6-2-7-15-37)58-55(57-53)52-47(32-33-50-51(52)48-18-10-11-19-49(48)59-50)46-31-30-44-34-43(28-29-45(44)35-46)38-16-8-3-9-17-38/h1-35,50-51H. The number of fused-ring (bicyclic) bond motifs is 4. The van der Waals surface area contributed by atoms with Crippen LogP contribution in [0, 0.1) is 0 Å². The summed E-state index contributed by atoms with van der Waals surface area (Å²) < 4.78 is 6.62. The topological polar surface area (TPSA) is 47.9 Å². The molecule has 2 aliphatic rings. The zero-order chi connectivity index (χ0) is 39.1. The maximum atomic E-state index is 6.62. The van der Waals surface area contributed by atoms with Crippen LogP contribution in [0.2, 0.25) is 0 Å². The van der Waals surface area contributed by atoms with Gasteiger partial charge < -0.3 is 4.74 Å². The minimum Gasteiger partial charge on any atom is -0.485 e. The molecular weight excluding hydrogens is 719 g/mol. The molecular formula is C55H37N3O. The average Bonchev–Trinajstić information content (AvgIpc) is 3.70. The first kappa shape index (κ1) is 34.5. The highest BCUT2D eigenvalue weighted by Crippen LogP contribution is 2.51. The summed E-state index contributed by atoms with van der Waals surface area (Å²) in [6, 6.07) is 70.3. The van der Waals surface area contributed by atoms with Crippen molar-refractivity contribution in [1.29, 1.82) is 0 Å². The number of rotatable bonds is 7. The van der Waals surface area contributed by atoms with Gasteiger partial charge in [0.05, 0.1) is 5.92 Å². The van der Waals surface area contributed by atoms with Gasteiger partial charge in [-0.15, -0.1) is 0 Å². The van der Waals surface area contributed by atoms with E-state index in [1.54, 1.807) is 0 Å². The molecule has 8 aromatic carbocycles. The Balaban J connectivity index is 1.09. The lowest BCUT2D eigenvalue weighted by molar-refractivity contribution is 0.271. The van der Waals surface area contributed by atoms with E-state index in [0.717, 1.165) is 61.4 Å². The van der Waals surface area contributed by atoms with Gasteiger partial charge in [0.25, 0.3) is 0 Å². The molecule has 1 aliphatic heterocycles. The summed E-state index contributed by atoms with van der Waals surface area (Å²) in [4.78, 5) is 15.9. The Hall–Kier alpha value is -7.69. The molecule has 2 unspecified atom stereocenters. The zero-order valence-electron chi connectivity index (χ0n) is 32.1. The quantitative estimate of drug-likeness (QED) is 0.163. The van der Waals surface area contributed by atoms with Crippen LogP contribution in [0.4, 0.5) is 0 Å². The Morgan fingerprint density at radius 3 is 1.36 bits per heavy atom. The van der Waals surface area contributed by atoms with E-state index in [9.17, 15) is 0 Å². The fourth-order valence-corrected chi connectivity index (χ4v) is 8.53. The maximum Gasteiger partial charge on any atom is 0.164 e. The number of aromatic nitrogens is 3. The number of nitrogens with zero attached hydrogens (tertiary/aromatic N) is 3. The summed E-state index contributed by atoms with van der Waals surface area (Å²) >= 11 is 0. The lowest BCUT2D eigenvalue weighted by Crippen LogP contribution is -2.22. The Labute approximate surface area is 343 Å². The van der Waals surface area contributed by atoms with Crippen molar-refractivity contribution in [3.63, 3.8) is 0 Å². The first-order valence-electron chi connectivity index (χ1n) is 20.1. The molecule has 9 aromatic rings. The highest BCUT2D eigenvalue weighted by molar-refractivity contribution is 6.01. The summed E-state index contributed by atoms with van der Waals surface area (Å²) in [5.74, 6) is 2.65. The van der Waals surface area contributed by atoms with Crippen LogP contribution in [0.1, 0.15) is 22.9 Å². The largest absolute Gasteiger partial charge is 0.485 e. The first-order chi connectivity index (χ1) is 29.2. The number of para-hydroxylation sites is 1. The molecule has 2 atom stereocenters. The van der Waals surface area contributed by atoms with E-state index in [-0.39, 0.29) is 12.0 Å². The summed E-state index contributed by atoms with van der Waals surface area (Å²) in [5.41, 5.74) is 13.2. The Morgan fingerprint density at radius 2 is 0.780 bits per heavy atom. The molecule has 4 nitrogen and oxygen atoms in total. The zero-order valence-corrected chi connectivity index (χ0v) is 32.1. The van der Waals surface area contributed by atoms with Crippen molar-refractivity contribution in [1.82, 2.24) is 15.0 Å². The van der Waals surface area contributed by atoms with Crippen LogP contribution >= 0.6 is 0 Å². The van der Waals surface area contributed by atoms with E-state index < -0.39 is 0 Å². The van der Waals surface area contributed by atoms with Crippen molar-refractivity contribution in [2.75, 3.05) is 0 Å². The van der Waals surface area contributed by atoms with Crippen molar-refractivity contribution in [2.45, 2.75) is 12.0 Å². The van der Waals surface area contributed by atoms with Gasteiger partial charge in [0.2, 0.25) is 0 Å². The Morgan fingerprint density at radius 1 is 0.356 bits per heavy atom. The minimum atomic E-state index is -0.195. The Kier molecular flexibility index (Phi) is 8.59. The number of benzene rings is 8. The molecule has 0 saturated carbocycles. The first-order valence-corrected chi connectivity index (χ1v) is 20.1. The molecule has 0 fully saturated rings. The van der Waals surface area contributed by atoms with Crippen LogP contribution in [-0.4, -0.2) is 21.1 Å². The normalized spacial score (nSPS) is 15.5. The highest BCUT2D eigenvalue weighted by Gasteiger charge is 2.40. The van der Waals surface area contributed by atoms with Gasteiger partial charge in [0, 0.05) is 22.3 Å². The Bertz CT molecular complexity index is 2950. The molecule has 1 aromatic heterocycles. The van der Waals surface area contributed by atoms with Gasteiger partial charge in [0.1, 0.15) is 11.9 Å². The third-order valence-electron chi connectivity index (χ3n) is 11.5. The van der Waals surface area contributed by atoms with Gasteiger partial charge in [-0.05, 0) is 79.6 Å². The van der Waals surface area contributed by atoms with Gasteiger partial charge in [-0.3, -0.25) is 0 Å². The van der Waals surface area contributed by atoms with E-state index in [4.69, 9.17) is 19.7 Å². The summed E-state index contributed by atoms with van der Waals surface area (Å²) in [5, 5.41) is 2.36. The summed E-state index contributed by atoms with van der Waals surface area (Å²) in [7, 11) is 0. The second-order valence-electron chi connectivity index (χ2n) is 15.1. The van der Waals surface area contributed by atoms with Crippen molar-refractivity contribution in [2.24, 2.45) is 0 Å². The lowest BCUT2D eigenvalue weighted by atomic mass is 9.79. The average molecular weight is 756 g/mol.